The van der Waals surface area contributed by atoms with Gasteiger partial charge in [0.2, 0.25) is 0 Å². The topological polar surface area (TPSA) is 34.1 Å². The number of nitrogens with zero attached hydrogens (tertiary/aromatic N) is 1. The van der Waals surface area contributed by atoms with Gasteiger partial charge in [-0.1, -0.05) is 30.3 Å². The van der Waals surface area contributed by atoms with Crippen molar-refractivity contribution in [2.45, 2.75) is 25.3 Å². The zero-order valence-electron chi connectivity index (χ0n) is 12.1. The average Bonchev–Trinajstić information content (AvgIpc) is 3.02. The Morgan fingerprint density at radius 1 is 1.30 bits per heavy atom. The van der Waals surface area contributed by atoms with E-state index in [4.69, 9.17) is 4.74 Å². The lowest BCUT2D eigenvalue weighted by molar-refractivity contribution is 0.184. The number of benzene rings is 1. The zero-order chi connectivity index (χ0) is 14.3. The number of hydrogen-bond donors (Lipinski definition) is 1. The van der Waals surface area contributed by atoms with Crippen LogP contribution in [0.25, 0.3) is 0 Å². The minimum absolute atomic E-state index is 0.0947. The van der Waals surface area contributed by atoms with Gasteiger partial charge in [0.1, 0.15) is 5.01 Å². The molecule has 1 aromatic carbocycles. The maximum Gasteiger partial charge on any atom is 0.112 e. The van der Waals surface area contributed by atoms with Gasteiger partial charge in [-0.25, -0.2) is 4.98 Å². The minimum atomic E-state index is -0.0947. The maximum atomic E-state index is 5.14. The van der Waals surface area contributed by atoms with Crippen molar-refractivity contribution < 1.29 is 4.74 Å². The van der Waals surface area contributed by atoms with Gasteiger partial charge in [-0.3, -0.25) is 0 Å². The summed E-state index contributed by atoms with van der Waals surface area (Å²) in [4.78, 5) is 4.49. The molecule has 0 saturated heterocycles. The lowest BCUT2D eigenvalue weighted by Gasteiger charge is -2.29. The van der Waals surface area contributed by atoms with Crippen molar-refractivity contribution in [3.8, 4) is 0 Å². The summed E-state index contributed by atoms with van der Waals surface area (Å²) in [5, 5.41) is 6.77. The fourth-order valence-corrected chi connectivity index (χ4v) is 3.04. The third-order valence-corrected chi connectivity index (χ3v) is 4.52. The van der Waals surface area contributed by atoms with Crippen LogP contribution in [0.5, 0.6) is 0 Å². The van der Waals surface area contributed by atoms with Crippen LogP contribution in [0.2, 0.25) is 0 Å². The summed E-state index contributed by atoms with van der Waals surface area (Å²) in [6, 6.07) is 10.6. The van der Waals surface area contributed by atoms with Gasteiger partial charge in [0.25, 0.3) is 0 Å². The number of thiazole rings is 1. The molecule has 0 aliphatic carbocycles. The molecule has 3 nitrogen and oxygen atoms in total. The van der Waals surface area contributed by atoms with Gasteiger partial charge in [0, 0.05) is 25.2 Å². The third kappa shape index (κ3) is 4.13. The van der Waals surface area contributed by atoms with E-state index in [0.29, 0.717) is 6.61 Å². The number of nitrogens with one attached hydrogen (secondary N) is 1. The first-order valence-electron chi connectivity index (χ1n) is 6.92. The van der Waals surface area contributed by atoms with E-state index in [0.717, 1.165) is 24.4 Å². The number of rotatable bonds is 8. The van der Waals surface area contributed by atoms with Gasteiger partial charge in [-0.05, 0) is 25.3 Å². The van der Waals surface area contributed by atoms with Gasteiger partial charge < -0.3 is 10.1 Å². The van der Waals surface area contributed by atoms with Crippen molar-refractivity contribution in [2.75, 3.05) is 20.3 Å². The molecule has 2 aromatic rings. The average molecular weight is 290 g/mol. The summed E-state index contributed by atoms with van der Waals surface area (Å²) >= 11 is 1.71. The molecule has 0 aliphatic heterocycles. The number of methoxy groups -OCH3 is 1. The Kier molecular flexibility index (Phi) is 5.71. The highest BCUT2D eigenvalue weighted by molar-refractivity contribution is 7.09. The number of aryl methyl sites for hydroxylation is 1. The Bertz CT molecular complexity index is 486. The molecular weight excluding hydrogens is 268 g/mol. The lowest BCUT2D eigenvalue weighted by atomic mass is 9.93. The third-order valence-electron chi connectivity index (χ3n) is 3.48. The molecule has 0 radical (unpaired) electrons. The summed E-state index contributed by atoms with van der Waals surface area (Å²) < 4.78 is 5.14. The molecule has 0 aliphatic rings. The SMILES string of the molecule is COCCNC(C)(CCc1ccccc1)c1nccs1. The predicted molar refractivity (Wildman–Crippen MR) is 84.1 cm³/mol. The van der Waals surface area contributed by atoms with Crippen LogP contribution in [0.1, 0.15) is 23.9 Å². The summed E-state index contributed by atoms with van der Waals surface area (Å²) in [5.74, 6) is 0. The molecule has 2 rings (SSSR count). The fourth-order valence-electron chi connectivity index (χ4n) is 2.23. The Balaban J connectivity index is 2.02. The molecular formula is C16H22N2OS. The van der Waals surface area contributed by atoms with Crippen molar-refractivity contribution in [1.82, 2.24) is 10.3 Å². The Morgan fingerprint density at radius 3 is 2.75 bits per heavy atom. The highest BCUT2D eigenvalue weighted by atomic mass is 32.1. The summed E-state index contributed by atoms with van der Waals surface area (Å²) in [7, 11) is 1.73. The second-order valence-electron chi connectivity index (χ2n) is 5.07. The molecule has 0 amide bonds. The first-order chi connectivity index (χ1) is 9.74. The van der Waals surface area contributed by atoms with Crippen LogP contribution in [-0.4, -0.2) is 25.2 Å². The molecule has 4 heteroatoms. The Labute approximate surface area is 125 Å². The smallest absolute Gasteiger partial charge is 0.112 e. The predicted octanol–water partition coefficient (Wildman–Crippen LogP) is 3.23. The van der Waals surface area contributed by atoms with Crippen LogP contribution in [0.15, 0.2) is 41.9 Å². The van der Waals surface area contributed by atoms with E-state index in [2.05, 4.69) is 47.6 Å². The van der Waals surface area contributed by atoms with E-state index in [-0.39, 0.29) is 5.54 Å². The molecule has 1 heterocycles. The van der Waals surface area contributed by atoms with Crippen LogP contribution in [0, 0.1) is 0 Å². The summed E-state index contributed by atoms with van der Waals surface area (Å²) in [6.45, 7) is 3.78. The first-order valence-corrected chi connectivity index (χ1v) is 7.80. The van der Waals surface area contributed by atoms with E-state index in [1.807, 2.05) is 11.6 Å². The first kappa shape index (κ1) is 15.2. The van der Waals surface area contributed by atoms with Crippen molar-refractivity contribution in [3.05, 3.63) is 52.5 Å². The molecule has 108 valence electrons. The number of aromatic nitrogens is 1. The fraction of sp³-hybridized carbons (Fsp3) is 0.438. The lowest BCUT2D eigenvalue weighted by Crippen LogP contribution is -2.41. The van der Waals surface area contributed by atoms with Gasteiger partial charge >= 0.3 is 0 Å². The standard InChI is InChI=1S/C16H22N2OS/c1-16(18-10-12-19-2,15-17-11-13-20-15)9-8-14-6-4-3-5-7-14/h3-7,11,13,18H,8-10,12H2,1-2H3. The number of hydrogen-bond acceptors (Lipinski definition) is 4. The van der Waals surface area contributed by atoms with Crippen molar-refractivity contribution in [2.24, 2.45) is 0 Å². The van der Waals surface area contributed by atoms with E-state index in [1.54, 1.807) is 18.4 Å². The largest absolute Gasteiger partial charge is 0.383 e. The van der Waals surface area contributed by atoms with Crippen LogP contribution in [0.4, 0.5) is 0 Å². The van der Waals surface area contributed by atoms with Gasteiger partial charge in [0.15, 0.2) is 0 Å². The van der Waals surface area contributed by atoms with Crippen LogP contribution in [0.3, 0.4) is 0 Å². The molecule has 1 atom stereocenters. The normalized spacial score (nSPS) is 14.1. The van der Waals surface area contributed by atoms with E-state index in [1.165, 1.54) is 5.56 Å². The highest BCUT2D eigenvalue weighted by Gasteiger charge is 2.28. The number of ether oxygens (including phenoxy) is 1. The van der Waals surface area contributed by atoms with Crippen LogP contribution in [-0.2, 0) is 16.7 Å². The van der Waals surface area contributed by atoms with Crippen molar-refractivity contribution in [1.29, 1.82) is 0 Å². The molecule has 1 N–H and O–H groups in total. The summed E-state index contributed by atoms with van der Waals surface area (Å²) in [6.07, 6.45) is 3.93. The molecule has 0 bridgehead atoms. The second kappa shape index (κ2) is 7.53. The van der Waals surface area contributed by atoms with Crippen molar-refractivity contribution in [3.63, 3.8) is 0 Å². The minimum Gasteiger partial charge on any atom is -0.383 e. The van der Waals surface area contributed by atoms with Gasteiger partial charge in [-0.2, -0.15) is 0 Å². The van der Waals surface area contributed by atoms with Gasteiger partial charge in [0.05, 0.1) is 12.1 Å². The van der Waals surface area contributed by atoms with E-state index < -0.39 is 0 Å². The molecule has 0 fully saturated rings. The molecule has 0 saturated carbocycles. The molecule has 1 aromatic heterocycles. The highest BCUT2D eigenvalue weighted by Crippen LogP contribution is 2.28. The van der Waals surface area contributed by atoms with Crippen molar-refractivity contribution >= 4 is 11.3 Å². The molecule has 0 spiro atoms. The summed E-state index contributed by atoms with van der Waals surface area (Å²) in [5.41, 5.74) is 1.27. The van der Waals surface area contributed by atoms with Crippen LogP contribution >= 0.6 is 11.3 Å². The Morgan fingerprint density at radius 2 is 2.10 bits per heavy atom. The quantitative estimate of drug-likeness (QED) is 0.758. The monoisotopic (exact) mass is 290 g/mol. The maximum absolute atomic E-state index is 5.14. The zero-order valence-corrected chi connectivity index (χ0v) is 13.0. The van der Waals surface area contributed by atoms with E-state index in [9.17, 15) is 0 Å². The van der Waals surface area contributed by atoms with E-state index >= 15 is 0 Å². The van der Waals surface area contributed by atoms with Crippen LogP contribution < -0.4 is 5.32 Å². The molecule has 1 unspecified atom stereocenters. The molecule has 20 heavy (non-hydrogen) atoms. The van der Waals surface area contributed by atoms with Gasteiger partial charge in [-0.15, -0.1) is 11.3 Å². The Hall–Kier alpha value is -1.23. The second-order valence-corrected chi connectivity index (χ2v) is 5.97.